The van der Waals surface area contributed by atoms with Crippen LogP contribution >= 0.6 is 0 Å². The van der Waals surface area contributed by atoms with E-state index in [4.69, 9.17) is 0 Å². The predicted octanol–water partition coefficient (Wildman–Crippen LogP) is -2.47. The van der Waals surface area contributed by atoms with Crippen LogP contribution in [0, 0.1) is 5.41 Å². The zero-order valence-electron chi connectivity index (χ0n) is 15.0. The number of hydrogen-bond donors (Lipinski definition) is 0. The van der Waals surface area contributed by atoms with Gasteiger partial charge >= 0.3 is 0 Å². The minimum atomic E-state index is -1.42. The number of aliphatic carboxylic acids is 3. The van der Waals surface area contributed by atoms with E-state index in [9.17, 15) is 44.1 Å². The number of carboxylic acid groups (broad SMARTS) is 3. The summed E-state index contributed by atoms with van der Waals surface area (Å²) in [6.45, 7) is 14.7. The Morgan fingerprint density at radius 1 is 0.654 bits per heavy atom. The van der Waals surface area contributed by atoms with Gasteiger partial charge in [-0.2, -0.15) is 0 Å². The summed E-state index contributed by atoms with van der Waals surface area (Å²) in [5.41, 5.74) is -1.22. The van der Waals surface area contributed by atoms with Crippen LogP contribution in [0.1, 0.15) is 27.7 Å². The molecule has 0 saturated heterocycles. The fraction of sp³-hybridized carbons (Fsp3) is 0.294. The van der Waals surface area contributed by atoms with Crippen LogP contribution in [0.25, 0.3) is 0 Å². The van der Waals surface area contributed by atoms with Gasteiger partial charge in [-0.1, -0.05) is 19.7 Å². The quantitative estimate of drug-likeness (QED) is 0.279. The smallest absolute Gasteiger partial charge is 0.140 e. The summed E-state index contributed by atoms with van der Waals surface area (Å²) in [6.07, 6.45) is 0.938. The Hall–Kier alpha value is -3.36. The summed E-state index contributed by atoms with van der Waals surface area (Å²) in [4.78, 5) is 57.9. The van der Waals surface area contributed by atoms with Crippen molar-refractivity contribution < 1.29 is 44.1 Å². The number of carbonyl (C=O) groups is 6. The maximum absolute atomic E-state index is 9.83. The minimum absolute atomic E-state index is 0.0648. The van der Waals surface area contributed by atoms with Crippen LogP contribution in [0.3, 0.4) is 0 Å². The highest BCUT2D eigenvalue weighted by Crippen LogP contribution is 2.01. The molecule has 0 amide bonds. The maximum atomic E-state index is 9.83. The van der Waals surface area contributed by atoms with Crippen molar-refractivity contribution in [1.82, 2.24) is 0 Å². The summed E-state index contributed by atoms with van der Waals surface area (Å²) in [7, 11) is 0. The van der Waals surface area contributed by atoms with E-state index in [1.807, 2.05) is 0 Å². The molecule has 0 fully saturated rings. The Morgan fingerprint density at radius 3 is 0.769 bits per heavy atom. The molecule has 0 atom stereocenters. The van der Waals surface area contributed by atoms with Gasteiger partial charge in [0.25, 0.3) is 0 Å². The van der Waals surface area contributed by atoms with Crippen LogP contribution in [-0.4, -0.2) is 36.8 Å². The van der Waals surface area contributed by atoms with Gasteiger partial charge in [0.15, 0.2) is 0 Å². The van der Waals surface area contributed by atoms with Crippen molar-refractivity contribution >= 4 is 36.8 Å². The van der Waals surface area contributed by atoms with Crippen LogP contribution < -0.4 is 15.3 Å². The molecule has 0 unspecified atom stereocenters. The maximum Gasteiger partial charge on any atom is 0.140 e. The first kappa shape index (κ1) is 30.5. The Labute approximate surface area is 151 Å². The molecule has 0 N–H and O–H groups in total. The van der Waals surface area contributed by atoms with Crippen molar-refractivity contribution in [2.24, 2.45) is 5.41 Å². The molecule has 0 radical (unpaired) electrons. The number of aldehydes is 3. The lowest BCUT2D eigenvalue weighted by molar-refractivity contribution is -0.300. The van der Waals surface area contributed by atoms with Gasteiger partial charge in [-0.3, -0.25) is 0 Å². The van der Waals surface area contributed by atoms with Gasteiger partial charge in [-0.25, -0.2) is 0 Å². The Kier molecular flexibility index (Phi) is 19.4. The van der Waals surface area contributed by atoms with Gasteiger partial charge < -0.3 is 44.1 Å². The molecular weight excluding hydrogens is 348 g/mol. The summed E-state index contributed by atoms with van der Waals surface area (Å²) in [5, 5.41) is 28.5. The normalized spacial score (nSPS) is 8.31. The summed E-state index contributed by atoms with van der Waals surface area (Å²) < 4.78 is 0. The Bertz CT molecular complexity index is 456. The van der Waals surface area contributed by atoms with Crippen molar-refractivity contribution in [2.45, 2.75) is 27.7 Å². The molecule has 146 valence electrons. The van der Waals surface area contributed by atoms with Gasteiger partial charge in [0, 0.05) is 0 Å². The molecule has 0 spiro atoms. The van der Waals surface area contributed by atoms with Gasteiger partial charge in [0.1, 0.15) is 24.3 Å². The van der Waals surface area contributed by atoms with Gasteiger partial charge in [0.05, 0.1) is 17.9 Å². The Balaban J connectivity index is -0.000000125. The summed E-state index contributed by atoms with van der Waals surface area (Å²) in [6, 6.07) is 0. The highest BCUT2D eigenvalue weighted by molar-refractivity contribution is 6.01. The molecule has 0 aliphatic carbocycles. The van der Waals surface area contributed by atoms with Crippen LogP contribution in [0.15, 0.2) is 36.5 Å². The third-order valence-corrected chi connectivity index (χ3v) is 1.81. The molecule has 9 heteroatoms. The SMILES string of the molecule is C=C(C)C(=O)[O-].C=C(C)C(=O)[O-].C=C(C)C(=O)[O-].CC(C=O)(C=O)C=O. The molecule has 0 aliphatic heterocycles. The highest BCUT2D eigenvalue weighted by atomic mass is 16.4. The zero-order chi connectivity index (χ0) is 22.1. The van der Waals surface area contributed by atoms with Crippen LogP contribution in [-0.2, 0) is 28.8 Å². The topological polar surface area (TPSA) is 172 Å². The fourth-order valence-electron chi connectivity index (χ4n) is 0.0833. The average Bonchev–Trinajstić information content (AvgIpc) is 2.55. The van der Waals surface area contributed by atoms with E-state index in [0.29, 0.717) is 18.9 Å². The fourth-order valence-corrected chi connectivity index (χ4v) is 0.0833. The van der Waals surface area contributed by atoms with Crippen LogP contribution in [0.2, 0.25) is 0 Å². The first-order valence-corrected chi connectivity index (χ1v) is 6.61. The molecule has 0 aliphatic rings. The van der Waals surface area contributed by atoms with E-state index in [1.54, 1.807) is 0 Å². The monoisotopic (exact) mass is 369 g/mol. The second-order valence-electron chi connectivity index (χ2n) is 4.92. The average molecular weight is 369 g/mol. The minimum Gasteiger partial charge on any atom is -0.545 e. The zero-order valence-corrected chi connectivity index (χ0v) is 15.0. The second kappa shape index (κ2) is 16.5. The van der Waals surface area contributed by atoms with Crippen molar-refractivity contribution in [2.75, 3.05) is 0 Å². The highest BCUT2D eigenvalue weighted by Gasteiger charge is 2.20. The van der Waals surface area contributed by atoms with Gasteiger partial charge in [-0.15, -0.1) is 0 Å². The lowest BCUT2D eigenvalue weighted by Crippen LogP contribution is -2.22. The lowest BCUT2D eigenvalue weighted by Gasteiger charge is -2.00. The molecule has 9 nitrogen and oxygen atoms in total. The van der Waals surface area contributed by atoms with Crippen molar-refractivity contribution in [3.8, 4) is 0 Å². The van der Waals surface area contributed by atoms with Gasteiger partial charge in [0.2, 0.25) is 0 Å². The molecule has 26 heavy (non-hydrogen) atoms. The molecule has 0 heterocycles. The first-order valence-electron chi connectivity index (χ1n) is 6.61. The number of carbonyl (C=O) groups excluding carboxylic acids is 6. The standard InChI is InChI=1S/C5H6O3.3C4H6O2/c1-5(2-6,3-7)4-8;3*1-3(2)4(5)6/h2-4H,1H3;3*1H2,2H3,(H,5,6)/p-3. The van der Waals surface area contributed by atoms with Crippen molar-refractivity contribution in [1.29, 1.82) is 0 Å². The molecule has 0 aromatic carbocycles. The summed E-state index contributed by atoms with van der Waals surface area (Å²) in [5.74, 6) is -3.56. The molecule has 0 bridgehead atoms. The third-order valence-electron chi connectivity index (χ3n) is 1.81. The largest absolute Gasteiger partial charge is 0.545 e. The van der Waals surface area contributed by atoms with Crippen molar-refractivity contribution in [3.05, 3.63) is 36.5 Å². The van der Waals surface area contributed by atoms with Crippen molar-refractivity contribution in [3.63, 3.8) is 0 Å². The predicted molar refractivity (Wildman–Crippen MR) is 85.8 cm³/mol. The second-order valence-corrected chi connectivity index (χ2v) is 4.92. The first-order chi connectivity index (χ1) is 11.6. The third kappa shape index (κ3) is 25.6. The van der Waals surface area contributed by atoms with E-state index in [1.165, 1.54) is 27.7 Å². The van der Waals surface area contributed by atoms with Crippen LogP contribution in [0.5, 0.6) is 0 Å². The lowest BCUT2D eigenvalue weighted by atomic mass is 9.98. The summed E-state index contributed by atoms with van der Waals surface area (Å²) >= 11 is 0. The number of rotatable bonds is 6. The molecule has 0 aromatic rings. The van der Waals surface area contributed by atoms with E-state index in [0.717, 1.165) is 0 Å². The van der Waals surface area contributed by atoms with Crippen LogP contribution in [0.4, 0.5) is 0 Å². The Morgan fingerprint density at radius 2 is 0.769 bits per heavy atom. The number of carboxylic acids is 3. The van der Waals surface area contributed by atoms with E-state index < -0.39 is 23.3 Å². The number of hydrogen-bond acceptors (Lipinski definition) is 9. The molecule has 0 saturated carbocycles. The van der Waals surface area contributed by atoms with E-state index >= 15 is 0 Å². The molecule has 0 aromatic heterocycles. The van der Waals surface area contributed by atoms with E-state index in [-0.39, 0.29) is 16.7 Å². The molecular formula is C17H21O9-3. The van der Waals surface area contributed by atoms with E-state index in [2.05, 4.69) is 19.7 Å². The van der Waals surface area contributed by atoms with Gasteiger partial charge in [-0.05, 0) is 44.4 Å². The molecule has 0 rings (SSSR count).